The summed E-state index contributed by atoms with van der Waals surface area (Å²) in [6.45, 7) is 8.66. The summed E-state index contributed by atoms with van der Waals surface area (Å²) in [5.41, 5.74) is 3.37. The highest BCUT2D eigenvalue weighted by Crippen LogP contribution is 2.28. The van der Waals surface area contributed by atoms with E-state index in [9.17, 15) is 0 Å². The molecule has 0 saturated heterocycles. The number of rotatable bonds is 5. The topological polar surface area (TPSA) is 24.1 Å². The number of hydrogen-bond donors (Lipinski definition) is 2. The third-order valence-corrected chi connectivity index (χ3v) is 4.81. The van der Waals surface area contributed by atoms with Crippen molar-refractivity contribution in [1.29, 1.82) is 0 Å². The zero-order valence-electron chi connectivity index (χ0n) is 14.7. The van der Waals surface area contributed by atoms with Gasteiger partial charge in [0.1, 0.15) is 0 Å². The first kappa shape index (κ1) is 18.8. The molecule has 0 heterocycles. The molecule has 0 saturated carbocycles. The number of halogens is 1. The molecule has 24 heavy (non-hydrogen) atoms. The van der Waals surface area contributed by atoms with E-state index in [2.05, 4.69) is 55.7 Å². The van der Waals surface area contributed by atoms with Crippen LogP contribution in [-0.2, 0) is 5.41 Å². The van der Waals surface area contributed by atoms with Crippen LogP contribution < -0.4 is 10.6 Å². The molecule has 2 aromatic rings. The number of anilines is 1. The Morgan fingerprint density at radius 2 is 1.83 bits per heavy atom. The molecule has 0 aliphatic carbocycles. The molecule has 0 amide bonds. The molecule has 2 aromatic carbocycles. The Labute approximate surface area is 155 Å². The van der Waals surface area contributed by atoms with Gasteiger partial charge in [-0.15, -0.1) is 0 Å². The molecule has 2 nitrogen and oxygen atoms in total. The van der Waals surface area contributed by atoms with Crippen molar-refractivity contribution in [1.82, 2.24) is 5.32 Å². The van der Waals surface area contributed by atoms with Crippen LogP contribution >= 0.6 is 23.8 Å². The largest absolute Gasteiger partial charge is 0.360 e. The van der Waals surface area contributed by atoms with E-state index < -0.39 is 0 Å². The Morgan fingerprint density at radius 3 is 2.46 bits per heavy atom. The molecule has 2 N–H and O–H groups in total. The van der Waals surface area contributed by atoms with E-state index in [0.29, 0.717) is 5.11 Å². The van der Waals surface area contributed by atoms with E-state index in [4.69, 9.17) is 23.8 Å². The van der Waals surface area contributed by atoms with Crippen LogP contribution in [0.5, 0.6) is 0 Å². The minimum Gasteiger partial charge on any atom is -0.360 e. The molecule has 0 fully saturated rings. The molecular weight excluding hydrogens is 336 g/mol. The summed E-state index contributed by atoms with van der Waals surface area (Å²) in [7, 11) is 0. The van der Waals surface area contributed by atoms with Crippen molar-refractivity contribution in [3.63, 3.8) is 0 Å². The second-order valence-electron chi connectivity index (χ2n) is 6.92. The average molecular weight is 361 g/mol. The van der Waals surface area contributed by atoms with Crippen molar-refractivity contribution in [2.45, 2.75) is 45.6 Å². The summed E-state index contributed by atoms with van der Waals surface area (Å²) in [5.74, 6) is 0. The lowest BCUT2D eigenvalue weighted by atomic mass is 9.79. The van der Waals surface area contributed by atoms with Crippen LogP contribution in [0.15, 0.2) is 48.5 Å². The molecule has 0 aromatic heterocycles. The van der Waals surface area contributed by atoms with Crippen molar-refractivity contribution >= 4 is 34.6 Å². The Bertz CT molecular complexity index is 698. The molecule has 1 atom stereocenters. The van der Waals surface area contributed by atoms with Gasteiger partial charge in [0, 0.05) is 16.8 Å². The Hall–Kier alpha value is -1.58. The zero-order chi connectivity index (χ0) is 17.7. The van der Waals surface area contributed by atoms with Crippen molar-refractivity contribution in [3.05, 3.63) is 64.7 Å². The normalized spacial score (nSPS) is 12.5. The lowest BCUT2D eigenvalue weighted by Crippen LogP contribution is -2.39. The van der Waals surface area contributed by atoms with E-state index in [1.54, 1.807) is 0 Å². The van der Waals surface area contributed by atoms with Crippen molar-refractivity contribution in [2.24, 2.45) is 0 Å². The lowest BCUT2D eigenvalue weighted by molar-refractivity contribution is 0.420. The number of nitrogens with one attached hydrogen (secondary N) is 2. The van der Waals surface area contributed by atoms with Gasteiger partial charge in [0.25, 0.3) is 0 Å². The molecule has 0 aliphatic heterocycles. The van der Waals surface area contributed by atoms with Crippen LogP contribution in [0.25, 0.3) is 0 Å². The highest BCUT2D eigenvalue weighted by molar-refractivity contribution is 7.80. The number of thiocarbonyl (C=S) groups is 1. The fourth-order valence-electron chi connectivity index (χ4n) is 2.89. The average Bonchev–Trinajstić information content (AvgIpc) is 2.51. The minimum absolute atomic E-state index is 0.0798. The van der Waals surface area contributed by atoms with Gasteiger partial charge in [-0.3, -0.25) is 0 Å². The van der Waals surface area contributed by atoms with Gasteiger partial charge in [-0.05, 0) is 61.2 Å². The van der Waals surface area contributed by atoms with Gasteiger partial charge < -0.3 is 10.6 Å². The summed E-state index contributed by atoms with van der Waals surface area (Å²) in [6.07, 6.45) is 0.980. The van der Waals surface area contributed by atoms with Crippen LogP contribution in [0.2, 0.25) is 5.02 Å². The minimum atomic E-state index is 0.0798. The Balaban J connectivity index is 1.92. The van der Waals surface area contributed by atoms with Crippen LogP contribution in [-0.4, -0.2) is 11.2 Å². The summed E-state index contributed by atoms with van der Waals surface area (Å²) in [5, 5.41) is 7.92. The number of aryl methyl sites for hydroxylation is 1. The van der Waals surface area contributed by atoms with Crippen LogP contribution in [0.4, 0.5) is 5.69 Å². The third-order valence-electron chi connectivity index (χ3n) is 4.18. The van der Waals surface area contributed by atoms with E-state index in [0.717, 1.165) is 22.7 Å². The van der Waals surface area contributed by atoms with Crippen molar-refractivity contribution in [2.75, 3.05) is 5.32 Å². The smallest absolute Gasteiger partial charge is 0.170 e. The van der Waals surface area contributed by atoms with Crippen molar-refractivity contribution < 1.29 is 0 Å². The molecule has 4 heteroatoms. The molecule has 128 valence electrons. The first-order valence-electron chi connectivity index (χ1n) is 8.17. The standard InChI is InChI=1S/C20H25ClN2S/c1-14-10-11-17(12-18(14)21)23-19(24)22-15(2)13-20(3,4)16-8-6-5-7-9-16/h5-12,15H,13H2,1-4H3,(H2,22,23,24). The quantitative estimate of drug-likeness (QED) is 0.669. The predicted molar refractivity (Wildman–Crippen MR) is 109 cm³/mol. The maximum absolute atomic E-state index is 6.15. The van der Waals surface area contributed by atoms with Crippen LogP contribution in [0.1, 0.15) is 38.3 Å². The highest BCUT2D eigenvalue weighted by Gasteiger charge is 2.23. The molecule has 0 aliphatic rings. The van der Waals surface area contributed by atoms with E-state index in [1.165, 1.54) is 5.56 Å². The van der Waals surface area contributed by atoms with E-state index >= 15 is 0 Å². The predicted octanol–water partition coefficient (Wildman–Crippen LogP) is 5.69. The van der Waals surface area contributed by atoms with Gasteiger partial charge >= 0.3 is 0 Å². The first-order chi connectivity index (χ1) is 11.3. The maximum atomic E-state index is 6.15. The summed E-state index contributed by atoms with van der Waals surface area (Å²) < 4.78 is 0. The third kappa shape index (κ3) is 5.22. The van der Waals surface area contributed by atoms with Gasteiger partial charge in [-0.25, -0.2) is 0 Å². The molecule has 1 unspecified atom stereocenters. The SMILES string of the molecule is Cc1ccc(NC(=S)NC(C)CC(C)(C)c2ccccc2)cc1Cl. The summed E-state index contributed by atoms with van der Waals surface area (Å²) in [6, 6.07) is 16.7. The molecular formula is C20H25ClN2S. The Morgan fingerprint density at radius 1 is 1.17 bits per heavy atom. The number of benzene rings is 2. The van der Waals surface area contributed by atoms with Crippen LogP contribution in [0.3, 0.4) is 0 Å². The second kappa shape index (κ2) is 8.00. The second-order valence-corrected chi connectivity index (χ2v) is 7.73. The number of hydrogen-bond acceptors (Lipinski definition) is 1. The van der Waals surface area contributed by atoms with Gasteiger partial charge in [-0.1, -0.05) is 61.8 Å². The highest BCUT2D eigenvalue weighted by atomic mass is 35.5. The first-order valence-corrected chi connectivity index (χ1v) is 8.96. The van der Waals surface area contributed by atoms with Gasteiger partial charge in [0.15, 0.2) is 5.11 Å². The van der Waals surface area contributed by atoms with Gasteiger partial charge in [0.05, 0.1) is 0 Å². The molecule has 0 bridgehead atoms. The molecule has 2 rings (SSSR count). The summed E-state index contributed by atoms with van der Waals surface area (Å²) in [4.78, 5) is 0. The van der Waals surface area contributed by atoms with Gasteiger partial charge in [-0.2, -0.15) is 0 Å². The van der Waals surface area contributed by atoms with Gasteiger partial charge in [0.2, 0.25) is 0 Å². The monoisotopic (exact) mass is 360 g/mol. The summed E-state index contributed by atoms with van der Waals surface area (Å²) >= 11 is 11.6. The zero-order valence-corrected chi connectivity index (χ0v) is 16.3. The fraction of sp³-hybridized carbons (Fsp3) is 0.350. The molecule has 0 radical (unpaired) electrons. The Kier molecular flexibility index (Phi) is 6.25. The van der Waals surface area contributed by atoms with E-state index in [1.807, 2.05) is 31.2 Å². The molecule has 0 spiro atoms. The lowest BCUT2D eigenvalue weighted by Gasteiger charge is -2.29. The maximum Gasteiger partial charge on any atom is 0.170 e. The van der Waals surface area contributed by atoms with E-state index in [-0.39, 0.29) is 11.5 Å². The fourth-order valence-corrected chi connectivity index (χ4v) is 3.38. The van der Waals surface area contributed by atoms with Crippen molar-refractivity contribution in [3.8, 4) is 0 Å². The van der Waals surface area contributed by atoms with Crippen LogP contribution in [0, 0.1) is 6.92 Å².